The van der Waals surface area contributed by atoms with Gasteiger partial charge in [-0.05, 0) is 52.8 Å². The summed E-state index contributed by atoms with van der Waals surface area (Å²) in [6.07, 6.45) is 11.7. The largest absolute Gasteiger partial charge is 0.353 e. The van der Waals surface area contributed by atoms with Crippen molar-refractivity contribution in [3.8, 4) is 0 Å². The molecule has 172 valence electrons. The Labute approximate surface area is 196 Å². The number of para-hydroxylation sites is 1. The van der Waals surface area contributed by atoms with Crippen LogP contribution in [0, 0.1) is 6.92 Å². The van der Waals surface area contributed by atoms with Crippen molar-refractivity contribution in [2.45, 2.75) is 40.2 Å². The average Bonchev–Trinajstić information content (AvgIpc) is 3.32. The van der Waals surface area contributed by atoms with E-state index in [1.807, 2.05) is 55.9 Å². The molecule has 0 saturated carbocycles. The van der Waals surface area contributed by atoms with Crippen LogP contribution in [0.2, 0.25) is 0 Å². The van der Waals surface area contributed by atoms with Crippen LogP contribution in [-0.2, 0) is 5.54 Å². The van der Waals surface area contributed by atoms with Crippen molar-refractivity contribution in [3.05, 3.63) is 72.5 Å². The Morgan fingerprint density at radius 2 is 1.79 bits per heavy atom. The monoisotopic (exact) mass is 443 g/mol. The van der Waals surface area contributed by atoms with Gasteiger partial charge in [-0.1, -0.05) is 24.3 Å². The second-order valence-electron chi connectivity index (χ2n) is 8.79. The molecule has 1 fully saturated rings. The van der Waals surface area contributed by atoms with Crippen molar-refractivity contribution in [2.75, 3.05) is 31.1 Å². The summed E-state index contributed by atoms with van der Waals surface area (Å²) in [4.78, 5) is 18.8. The lowest BCUT2D eigenvalue weighted by Crippen LogP contribution is -2.53. The first-order chi connectivity index (χ1) is 15.9. The van der Waals surface area contributed by atoms with Crippen LogP contribution in [-0.4, -0.2) is 56.7 Å². The zero-order chi connectivity index (χ0) is 23.4. The molecule has 1 aromatic carbocycles. The molecule has 0 unspecified atom stereocenters. The Balaban J connectivity index is 1.52. The minimum absolute atomic E-state index is 0.143. The first kappa shape index (κ1) is 22.9. The van der Waals surface area contributed by atoms with Crippen LogP contribution in [0.15, 0.2) is 66.1 Å². The molecule has 3 aromatic rings. The Morgan fingerprint density at radius 3 is 2.52 bits per heavy atom. The van der Waals surface area contributed by atoms with E-state index in [1.165, 1.54) is 5.56 Å². The lowest BCUT2D eigenvalue weighted by molar-refractivity contribution is 0.111. The van der Waals surface area contributed by atoms with Crippen molar-refractivity contribution >= 4 is 22.6 Å². The molecule has 0 N–H and O–H groups in total. The summed E-state index contributed by atoms with van der Waals surface area (Å²) in [5.74, 6) is 2.66. The highest BCUT2D eigenvalue weighted by Crippen LogP contribution is 2.31. The maximum Gasteiger partial charge on any atom is 0.152 e. The lowest BCUT2D eigenvalue weighted by atomic mass is 9.94. The molecule has 7 nitrogen and oxygen atoms in total. The molecule has 0 atom stereocenters. The highest BCUT2D eigenvalue weighted by atomic mass is 15.3. The molecule has 0 spiro atoms. The molecule has 2 aromatic heterocycles. The summed E-state index contributed by atoms with van der Waals surface area (Å²) in [6.45, 7) is 14.2. The summed E-state index contributed by atoms with van der Waals surface area (Å²) < 4.78 is 1.85. The van der Waals surface area contributed by atoms with Gasteiger partial charge in [0.2, 0.25) is 0 Å². The van der Waals surface area contributed by atoms with Gasteiger partial charge in [0.15, 0.2) is 5.84 Å². The number of anilines is 1. The maximum absolute atomic E-state index is 4.79. The summed E-state index contributed by atoms with van der Waals surface area (Å²) in [5.41, 5.74) is 2.04. The molecular weight excluding hydrogens is 410 g/mol. The Hall–Kier alpha value is -3.32. The first-order valence-corrected chi connectivity index (χ1v) is 11.5. The quantitative estimate of drug-likeness (QED) is 0.428. The number of aromatic nitrogens is 4. The van der Waals surface area contributed by atoms with Crippen molar-refractivity contribution in [1.29, 1.82) is 0 Å². The number of allylic oxidation sites excluding steroid dienone is 3. The summed E-state index contributed by atoms with van der Waals surface area (Å²) >= 11 is 0. The maximum atomic E-state index is 4.79. The second kappa shape index (κ2) is 9.67. The van der Waals surface area contributed by atoms with Gasteiger partial charge in [0.05, 0.1) is 11.7 Å². The molecule has 0 aliphatic carbocycles. The molecule has 1 aliphatic rings. The standard InChI is InChI=1S/C26H33N7/c1-6-10-24(27-13-7-2)33-19-21(18-28-33)26(4,5)32-16-14-31(15-17-32)25-22-11-8-9-12-23(22)29-20(3)30-25/h6-13,18-19H,14-17H2,1-5H3/b10-6-,13-7-,27-24+. The smallest absolute Gasteiger partial charge is 0.152 e. The topological polar surface area (TPSA) is 62.4 Å². The van der Waals surface area contributed by atoms with E-state index in [9.17, 15) is 0 Å². The van der Waals surface area contributed by atoms with Gasteiger partial charge < -0.3 is 4.90 Å². The number of hydrogen-bond donors (Lipinski definition) is 0. The predicted molar refractivity (Wildman–Crippen MR) is 136 cm³/mol. The highest BCUT2D eigenvalue weighted by Gasteiger charge is 2.33. The second-order valence-corrected chi connectivity index (χ2v) is 8.79. The summed E-state index contributed by atoms with van der Waals surface area (Å²) in [7, 11) is 0. The third-order valence-electron chi connectivity index (χ3n) is 6.26. The number of piperazine rings is 1. The number of aryl methyl sites for hydroxylation is 1. The van der Waals surface area contributed by atoms with Crippen molar-refractivity contribution in [2.24, 2.45) is 4.99 Å². The third kappa shape index (κ3) is 4.73. The van der Waals surface area contributed by atoms with E-state index in [-0.39, 0.29) is 5.54 Å². The van der Waals surface area contributed by atoms with E-state index >= 15 is 0 Å². The van der Waals surface area contributed by atoms with E-state index in [1.54, 1.807) is 6.20 Å². The molecule has 1 aliphatic heterocycles. The number of aliphatic imine (C=N–C) groups is 1. The van der Waals surface area contributed by atoms with Crippen LogP contribution in [0.3, 0.4) is 0 Å². The molecule has 4 rings (SSSR count). The fourth-order valence-corrected chi connectivity index (χ4v) is 4.32. The minimum Gasteiger partial charge on any atom is -0.353 e. The molecule has 1 saturated heterocycles. The van der Waals surface area contributed by atoms with Crippen LogP contribution >= 0.6 is 0 Å². The third-order valence-corrected chi connectivity index (χ3v) is 6.26. The molecule has 0 amide bonds. The molecule has 33 heavy (non-hydrogen) atoms. The number of hydrogen-bond acceptors (Lipinski definition) is 6. The average molecular weight is 444 g/mol. The van der Waals surface area contributed by atoms with Gasteiger partial charge >= 0.3 is 0 Å². The van der Waals surface area contributed by atoms with Crippen LogP contribution < -0.4 is 4.90 Å². The van der Waals surface area contributed by atoms with E-state index in [2.05, 4.69) is 63.1 Å². The van der Waals surface area contributed by atoms with Gasteiger partial charge in [0.25, 0.3) is 0 Å². The SMILES string of the molecule is C\C=C/N=C(\C=C/C)n1cc(C(C)(C)N2CCN(c3nc(C)nc4ccccc34)CC2)cn1. The molecule has 0 radical (unpaired) electrons. The first-order valence-electron chi connectivity index (χ1n) is 11.5. The minimum atomic E-state index is -0.143. The van der Waals surface area contributed by atoms with Crippen molar-refractivity contribution in [3.63, 3.8) is 0 Å². The van der Waals surface area contributed by atoms with E-state index in [0.29, 0.717) is 0 Å². The van der Waals surface area contributed by atoms with E-state index in [0.717, 1.165) is 54.6 Å². The Morgan fingerprint density at radius 1 is 1.03 bits per heavy atom. The highest BCUT2D eigenvalue weighted by molar-refractivity contribution is 5.94. The van der Waals surface area contributed by atoms with E-state index in [4.69, 9.17) is 4.98 Å². The van der Waals surface area contributed by atoms with Crippen LogP contribution in [0.25, 0.3) is 10.9 Å². The van der Waals surface area contributed by atoms with Crippen LogP contribution in [0.1, 0.15) is 39.1 Å². The van der Waals surface area contributed by atoms with Gasteiger partial charge in [-0.3, -0.25) is 4.90 Å². The van der Waals surface area contributed by atoms with Gasteiger partial charge in [0, 0.05) is 55.1 Å². The number of rotatable bonds is 5. The zero-order valence-corrected chi connectivity index (χ0v) is 20.2. The summed E-state index contributed by atoms with van der Waals surface area (Å²) in [6, 6.07) is 8.27. The van der Waals surface area contributed by atoms with Crippen molar-refractivity contribution in [1.82, 2.24) is 24.6 Å². The number of fused-ring (bicyclic) bond motifs is 1. The fraction of sp³-hybridized carbons (Fsp3) is 0.385. The van der Waals surface area contributed by atoms with Gasteiger partial charge in [0.1, 0.15) is 11.6 Å². The normalized spacial score (nSPS) is 16.5. The number of benzene rings is 1. The molecule has 7 heteroatoms. The van der Waals surface area contributed by atoms with E-state index < -0.39 is 0 Å². The molecule has 3 heterocycles. The van der Waals surface area contributed by atoms with Crippen LogP contribution in [0.5, 0.6) is 0 Å². The lowest BCUT2D eigenvalue weighted by Gasteiger charge is -2.44. The fourth-order valence-electron chi connectivity index (χ4n) is 4.32. The van der Waals surface area contributed by atoms with Crippen LogP contribution in [0.4, 0.5) is 5.82 Å². The molecular formula is C26H33N7. The predicted octanol–water partition coefficient (Wildman–Crippen LogP) is 4.55. The number of nitrogens with zero attached hydrogens (tertiary/aromatic N) is 7. The molecule has 0 bridgehead atoms. The zero-order valence-electron chi connectivity index (χ0n) is 20.2. The Kier molecular flexibility index (Phi) is 6.70. The van der Waals surface area contributed by atoms with Gasteiger partial charge in [-0.25, -0.2) is 19.6 Å². The van der Waals surface area contributed by atoms with Crippen molar-refractivity contribution < 1.29 is 0 Å². The van der Waals surface area contributed by atoms with Gasteiger partial charge in [-0.2, -0.15) is 5.10 Å². The van der Waals surface area contributed by atoms with Gasteiger partial charge in [-0.15, -0.1) is 0 Å². The summed E-state index contributed by atoms with van der Waals surface area (Å²) in [5, 5.41) is 5.72. The Bertz CT molecular complexity index is 1190.